The Bertz CT molecular complexity index is 1000. The lowest BCUT2D eigenvalue weighted by molar-refractivity contribution is -0.263. The predicted octanol–water partition coefficient (Wildman–Crippen LogP) is 6.72. The third-order valence-electron chi connectivity index (χ3n) is 13.8. The lowest BCUT2D eigenvalue weighted by atomic mass is 9.32. The molecule has 5 aliphatic rings. The molecule has 5 aliphatic carbocycles. The number of carbonyl (C=O) groups is 2. The molecule has 5 fully saturated rings. The summed E-state index contributed by atoms with van der Waals surface area (Å²) in [4.78, 5) is 25.4. The van der Waals surface area contributed by atoms with E-state index in [2.05, 4.69) is 41.2 Å². The average Bonchev–Trinajstić information content (AvgIpc) is 3.26. The van der Waals surface area contributed by atoms with Gasteiger partial charge in [-0.2, -0.15) is 0 Å². The van der Waals surface area contributed by atoms with Crippen molar-refractivity contribution in [3.63, 3.8) is 0 Å². The number of rotatable bonds is 4. The minimum absolute atomic E-state index is 0.00472. The van der Waals surface area contributed by atoms with Gasteiger partial charge in [0.15, 0.2) is 0 Å². The Labute approximate surface area is 230 Å². The van der Waals surface area contributed by atoms with E-state index in [0.29, 0.717) is 23.7 Å². The Morgan fingerprint density at radius 1 is 0.895 bits per heavy atom. The third-order valence-corrected chi connectivity index (χ3v) is 13.8. The third kappa shape index (κ3) is 3.45. The molecule has 0 radical (unpaired) electrons. The number of hydrogen-bond acceptors (Lipinski definition) is 5. The summed E-state index contributed by atoms with van der Waals surface area (Å²) in [6, 6.07) is 0. The van der Waals surface area contributed by atoms with E-state index in [-0.39, 0.29) is 52.2 Å². The standard InChI is InChI=1S/C33H52O5/c1-20(2)22-11-16-32(28(36)37-8)17-18-33(19-34)23(27(22)32)9-10-25-30(6)14-13-26(38-21(3)35)29(4,5)24(30)12-15-31(25,33)7/h22-27,34H,1,9-19H2,2-8H3/t22-,23+,24+,25+,26+,27+,30-,31+,32-,33-/m0/s1. The van der Waals surface area contributed by atoms with Crippen LogP contribution in [0, 0.1) is 56.7 Å². The number of fused-ring (bicyclic) bond motifs is 7. The molecule has 0 bridgehead atoms. The summed E-state index contributed by atoms with van der Waals surface area (Å²) in [5, 5.41) is 11.4. The van der Waals surface area contributed by atoms with Crippen LogP contribution in [0.3, 0.4) is 0 Å². The molecular weight excluding hydrogens is 476 g/mol. The Hall–Kier alpha value is -1.36. The molecule has 5 rings (SSSR count). The fourth-order valence-electron chi connectivity index (χ4n) is 12.2. The van der Waals surface area contributed by atoms with Crippen LogP contribution in [-0.4, -0.2) is 36.9 Å². The quantitative estimate of drug-likeness (QED) is 0.324. The average molecular weight is 529 g/mol. The number of carbonyl (C=O) groups excluding carboxylic acids is 2. The second kappa shape index (κ2) is 9.08. The van der Waals surface area contributed by atoms with Crippen molar-refractivity contribution >= 4 is 11.9 Å². The Morgan fingerprint density at radius 2 is 1.61 bits per heavy atom. The number of allylic oxidation sites excluding steroid dienone is 1. The maximum atomic E-state index is 13.4. The van der Waals surface area contributed by atoms with Gasteiger partial charge < -0.3 is 14.6 Å². The summed E-state index contributed by atoms with van der Waals surface area (Å²) in [5.74, 6) is 1.59. The van der Waals surface area contributed by atoms with Gasteiger partial charge in [-0.05, 0) is 112 Å². The van der Waals surface area contributed by atoms with Crippen LogP contribution in [0.5, 0.6) is 0 Å². The van der Waals surface area contributed by atoms with Gasteiger partial charge in [-0.25, -0.2) is 0 Å². The van der Waals surface area contributed by atoms with Crippen LogP contribution in [0.1, 0.15) is 106 Å². The molecule has 0 aromatic rings. The van der Waals surface area contributed by atoms with E-state index in [1.165, 1.54) is 12.5 Å². The zero-order valence-electron chi connectivity index (χ0n) is 25.0. The largest absolute Gasteiger partial charge is 0.469 e. The number of esters is 2. The lowest BCUT2D eigenvalue weighted by Gasteiger charge is -2.73. The second-order valence-electron chi connectivity index (χ2n) is 15.2. The molecule has 5 heteroatoms. The molecule has 38 heavy (non-hydrogen) atoms. The molecule has 0 aromatic carbocycles. The smallest absolute Gasteiger partial charge is 0.312 e. The maximum absolute atomic E-state index is 13.4. The number of aliphatic hydroxyl groups is 1. The summed E-state index contributed by atoms with van der Waals surface area (Å²) in [5.41, 5.74) is 0.623. The van der Waals surface area contributed by atoms with E-state index in [1.54, 1.807) is 7.11 Å². The Kier molecular flexibility index (Phi) is 6.73. The van der Waals surface area contributed by atoms with Crippen molar-refractivity contribution in [1.82, 2.24) is 0 Å². The van der Waals surface area contributed by atoms with Gasteiger partial charge in [0, 0.05) is 24.4 Å². The highest BCUT2D eigenvalue weighted by Crippen LogP contribution is 2.77. The molecular formula is C33H52O5. The van der Waals surface area contributed by atoms with Crippen LogP contribution in [-0.2, 0) is 19.1 Å². The van der Waals surface area contributed by atoms with E-state index >= 15 is 0 Å². The van der Waals surface area contributed by atoms with Gasteiger partial charge in [0.05, 0.1) is 12.5 Å². The number of methoxy groups -OCH3 is 1. The SMILES string of the molecule is C=C(C)[C@@H]1CC[C@]2(C(=O)OC)CC[C@]3(CO)[C@H](CC[C@@H]4[C@@]5(C)CC[C@@H](OC(C)=O)C(C)(C)[C@H]5CC[C@]43C)[C@@H]12. The molecule has 0 aliphatic heterocycles. The Balaban J connectivity index is 1.55. The predicted molar refractivity (Wildman–Crippen MR) is 148 cm³/mol. The van der Waals surface area contributed by atoms with Crippen molar-refractivity contribution in [2.75, 3.05) is 13.7 Å². The van der Waals surface area contributed by atoms with E-state index in [1.807, 2.05) is 0 Å². The number of ether oxygens (including phenoxy) is 2. The highest BCUT2D eigenvalue weighted by atomic mass is 16.5. The highest BCUT2D eigenvalue weighted by molar-refractivity contribution is 5.78. The van der Waals surface area contributed by atoms with Gasteiger partial charge in [-0.3, -0.25) is 9.59 Å². The van der Waals surface area contributed by atoms with Crippen molar-refractivity contribution in [1.29, 1.82) is 0 Å². The molecule has 0 unspecified atom stereocenters. The van der Waals surface area contributed by atoms with Crippen molar-refractivity contribution in [2.45, 2.75) is 112 Å². The van der Waals surface area contributed by atoms with Gasteiger partial charge >= 0.3 is 11.9 Å². The van der Waals surface area contributed by atoms with Gasteiger partial charge in [0.1, 0.15) is 6.10 Å². The monoisotopic (exact) mass is 528 g/mol. The summed E-state index contributed by atoms with van der Waals surface area (Å²) in [6.07, 6.45) is 9.91. The minimum atomic E-state index is -0.434. The summed E-state index contributed by atoms with van der Waals surface area (Å²) in [6.45, 7) is 17.9. The fourth-order valence-corrected chi connectivity index (χ4v) is 12.2. The molecule has 214 valence electrons. The number of hydrogen-bond donors (Lipinski definition) is 1. The van der Waals surface area contributed by atoms with Crippen molar-refractivity contribution in [3.8, 4) is 0 Å². The van der Waals surface area contributed by atoms with Crippen LogP contribution < -0.4 is 0 Å². The summed E-state index contributed by atoms with van der Waals surface area (Å²) in [7, 11) is 1.55. The zero-order chi connectivity index (χ0) is 27.9. The van der Waals surface area contributed by atoms with Crippen LogP contribution in [0.15, 0.2) is 12.2 Å². The molecule has 1 N–H and O–H groups in total. The fraction of sp³-hybridized carbons (Fsp3) is 0.879. The van der Waals surface area contributed by atoms with Crippen molar-refractivity contribution < 1.29 is 24.2 Å². The summed E-state index contributed by atoms with van der Waals surface area (Å²) < 4.78 is 11.4. The first kappa shape index (κ1) is 28.2. The molecule has 0 saturated heterocycles. The van der Waals surface area contributed by atoms with Crippen molar-refractivity contribution in [3.05, 3.63) is 12.2 Å². The molecule has 0 aromatic heterocycles. The van der Waals surface area contributed by atoms with Gasteiger partial charge in [0.2, 0.25) is 0 Å². The normalized spacial score (nSPS) is 49.1. The zero-order valence-corrected chi connectivity index (χ0v) is 25.0. The Morgan fingerprint density at radius 3 is 2.21 bits per heavy atom. The van der Waals surface area contributed by atoms with Crippen LogP contribution in [0.2, 0.25) is 0 Å². The van der Waals surface area contributed by atoms with Gasteiger partial charge in [0.25, 0.3) is 0 Å². The molecule has 0 heterocycles. The van der Waals surface area contributed by atoms with Gasteiger partial charge in [-0.1, -0.05) is 39.8 Å². The summed E-state index contributed by atoms with van der Waals surface area (Å²) >= 11 is 0. The first-order valence-corrected chi connectivity index (χ1v) is 15.3. The minimum Gasteiger partial charge on any atom is -0.469 e. The topological polar surface area (TPSA) is 72.8 Å². The number of aliphatic hydroxyl groups excluding tert-OH is 1. The van der Waals surface area contributed by atoms with E-state index < -0.39 is 5.41 Å². The molecule has 10 atom stereocenters. The first-order valence-electron chi connectivity index (χ1n) is 15.3. The lowest BCUT2D eigenvalue weighted by Crippen LogP contribution is -2.68. The molecule has 5 saturated carbocycles. The van der Waals surface area contributed by atoms with E-state index in [0.717, 1.165) is 64.2 Å². The first-order chi connectivity index (χ1) is 17.7. The molecule has 0 amide bonds. The second-order valence-corrected chi connectivity index (χ2v) is 15.2. The molecule has 0 spiro atoms. The molecule has 5 nitrogen and oxygen atoms in total. The van der Waals surface area contributed by atoms with Crippen molar-refractivity contribution in [2.24, 2.45) is 56.7 Å². The maximum Gasteiger partial charge on any atom is 0.312 e. The van der Waals surface area contributed by atoms with Gasteiger partial charge in [-0.15, -0.1) is 0 Å². The van der Waals surface area contributed by atoms with Crippen LogP contribution >= 0.6 is 0 Å². The van der Waals surface area contributed by atoms with Crippen LogP contribution in [0.4, 0.5) is 0 Å². The highest BCUT2D eigenvalue weighted by Gasteiger charge is 2.73. The van der Waals surface area contributed by atoms with E-state index in [9.17, 15) is 14.7 Å². The van der Waals surface area contributed by atoms with Crippen LogP contribution in [0.25, 0.3) is 0 Å². The van der Waals surface area contributed by atoms with E-state index in [4.69, 9.17) is 9.47 Å².